The first kappa shape index (κ1) is 12.0. The molecule has 1 aromatic rings. The molecule has 2 heterocycles. The smallest absolute Gasteiger partial charge is 0.355 e. The lowest BCUT2D eigenvalue weighted by Gasteiger charge is -2.26. The van der Waals surface area contributed by atoms with Crippen molar-refractivity contribution in [3.8, 4) is 0 Å². The van der Waals surface area contributed by atoms with E-state index in [1.54, 1.807) is 0 Å². The second-order valence-corrected chi connectivity index (χ2v) is 4.96. The second-order valence-electron chi connectivity index (χ2n) is 4.02. The van der Waals surface area contributed by atoms with E-state index in [1.165, 1.54) is 16.7 Å². The lowest BCUT2D eigenvalue weighted by Crippen LogP contribution is -2.36. The molecule has 0 bridgehead atoms. The van der Waals surface area contributed by atoms with E-state index < -0.39 is 5.97 Å². The number of amides is 1. The van der Waals surface area contributed by atoms with Crippen molar-refractivity contribution < 1.29 is 14.7 Å². The van der Waals surface area contributed by atoms with Crippen molar-refractivity contribution in [2.24, 2.45) is 0 Å². The summed E-state index contributed by atoms with van der Waals surface area (Å²) in [7, 11) is 0. The number of carbonyl (C=O) groups excluding carboxylic acids is 1. The van der Waals surface area contributed by atoms with Crippen LogP contribution in [0.5, 0.6) is 0 Å². The molecule has 0 radical (unpaired) electrons. The molecule has 1 N–H and O–H groups in total. The molecule has 0 aromatic carbocycles. The first-order chi connectivity index (χ1) is 8.16. The highest BCUT2D eigenvalue weighted by atomic mass is 32.1. The van der Waals surface area contributed by atoms with E-state index in [4.69, 9.17) is 5.11 Å². The highest BCUT2D eigenvalue weighted by Crippen LogP contribution is 2.14. The second kappa shape index (κ2) is 5.27. The fraction of sp³-hybridized carbons (Fsp3) is 0.545. The lowest BCUT2D eigenvalue weighted by molar-refractivity contribution is -0.133. The third-order valence-corrected chi connectivity index (χ3v) is 3.70. The van der Waals surface area contributed by atoms with E-state index in [9.17, 15) is 9.59 Å². The highest BCUT2D eigenvalue weighted by Gasteiger charge is 2.18. The molecule has 1 amide bonds. The highest BCUT2D eigenvalue weighted by molar-refractivity contribution is 7.09. The fourth-order valence-corrected chi connectivity index (χ4v) is 2.61. The first-order valence-corrected chi connectivity index (χ1v) is 6.50. The standard InChI is InChI=1S/C11H14N2O3S/c14-10-3-1-2-5-13(10)6-4-9-12-8(7-17-9)11(15)16/h7H,1-6H2,(H,15,16). The molecular formula is C11H14N2O3S. The quantitative estimate of drug-likeness (QED) is 0.881. The van der Waals surface area contributed by atoms with Crippen molar-refractivity contribution in [3.63, 3.8) is 0 Å². The predicted octanol–water partition coefficient (Wildman–Crippen LogP) is 1.40. The maximum Gasteiger partial charge on any atom is 0.355 e. The van der Waals surface area contributed by atoms with Crippen molar-refractivity contribution in [2.45, 2.75) is 25.7 Å². The molecular weight excluding hydrogens is 240 g/mol. The molecule has 0 unspecified atom stereocenters. The van der Waals surface area contributed by atoms with Crippen LogP contribution in [-0.4, -0.2) is 40.0 Å². The molecule has 1 fully saturated rings. The van der Waals surface area contributed by atoms with Crippen molar-refractivity contribution in [2.75, 3.05) is 13.1 Å². The Balaban J connectivity index is 1.88. The van der Waals surface area contributed by atoms with E-state index >= 15 is 0 Å². The van der Waals surface area contributed by atoms with Gasteiger partial charge < -0.3 is 10.0 Å². The van der Waals surface area contributed by atoms with Crippen LogP contribution in [0.3, 0.4) is 0 Å². The summed E-state index contributed by atoms with van der Waals surface area (Å²) >= 11 is 1.34. The summed E-state index contributed by atoms with van der Waals surface area (Å²) in [5.74, 6) is -0.798. The average Bonchev–Trinajstić information content (AvgIpc) is 2.77. The van der Waals surface area contributed by atoms with Crippen LogP contribution in [-0.2, 0) is 11.2 Å². The molecule has 17 heavy (non-hydrogen) atoms. The number of piperidine rings is 1. The van der Waals surface area contributed by atoms with E-state index in [0.717, 1.165) is 24.4 Å². The summed E-state index contributed by atoms with van der Waals surface area (Å²) in [5.41, 5.74) is 0.0926. The number of thiazole rings is 1. The van der Waals surface area contributed by atoms with Crippen LogP contribution in [0.15, 0.2) is 5.38 Å². The van der Waals surface area contributed by atoms with Crippen LogP contribution in [0.1, 0.15) is 34.8 Å². The van der Waals surface area contributed by atoms with Crippen LogP contribution in [0.4, 0.5) is 0 Å². The summed E-state index contributed by atoms with van der Waals surface area (Å²) in [4.78, 5) is 28.0. The number of aromatic nitrogens is 1. The van der Waals surface area contributed by atoms with Gasteiger partial charge in [0, 0.05) is 31.3 Å². The zero-order valence-electron chi connectivity index (χ0n) is 9.39. The summed E-state index contributed by atoms with van der Waals surface area (Å²) in [6.07, 6.45) is 3.32. The molecule has 1 aliphatic rings. The predicted molar refractivity (Wildman–Crippen MR) is 63.2 cm³/mol. The molecule has 2 rings (SSSR count). The first-order valence-electron chi connectivity index (χ1n) is 5.62. The van der Waals surface area contributed by atoms with Gasteiger partial charge in [0.1, 0.15) is 0 Å². The van der Waals surface area contributed by atoms with Crippen molar-refractivity contribution in [3.05, 3.63) is 16.1 Å². The normalized spacial score (nSPS) is 16.2. The van der Waals surface area contributed by atoms with E-state index in [1.807, 2.05) is 4.90 Å². The summed E-state index contributed by atoms with van der Waals surface area (Å²) in [6, 6.07) is 0. The molecule has 1 saturated heterocycles. The van der Waals surface area contributed by atoms with Gasteiger partial charge in [-0.1, -0.05) is 0 Å². The van der Waals surface area contributed by atoms with Gasteiger partial charge in [-0.3, -0.25) is 4.79 Å². The Bertz CT molecular complexity index is 430. The number of nitrogens with zero attached hydrogens (tertiary/aromatic N) is 2. The van der Waals surface area contributed by atoms with Gasteiger partial charge >= 0.3 is 5.97 Å². The van der Waals surface area contributed by atoms with Gasteiger partial charge in [-0.05, 0) is 12.8 Å². The molecule has 0 atom stereocenters. The largest absolute Gasteiger partial charge is 0.476 e. The van der Waals surface area contributed by atoms with Crippen molar-refractivity contribution in [1.29, 1.82) is 0 Å². The van der Waals surface area contributed by atoms with E-state index in [2.05, 4.69) is 4.98 Å². The van der Waals surface area contributed by atoms with Crippen LogP contribution in [0, 0.1) is 0 Å². The van der Waals surface area contributed by atoms with Crippen LogP contribution in [0.25, 0.3) is 0 Å². The Morgan fingerprint density at radius 1 is 1.53 bits per heavy atom. The summed E-state index contributed by atoms with van der Waals surface area (Å²) in [6.45, 7) is 1.46. The average molecular weight is 254 g/mol. The zero-order valence-corrected chi connectivity index (χ0v) is 10.2. The van der Waals surface area contributed by atoms with Gasteiger partial charge in [0.25, 0.3) is 0 Å². The molecule has 0 saturated carbocycles. The minimum Gasteiger partial charge on any atom is -0.476 e. The molecule has 92 valence electrons. The Labute approximate surface area is 103 Å². The van der Waals surface area contributed by atoms with Gasteiger partial charge in [0.2, 0.25) is 5.91 Å². The Kier molecular flexibility index (Phi) is 3.73. The van der Waals surface area contributed by atoms with Crippen LogP contribution < -0.4 is 0 Å². The maximum absolute atomic E-state index is 11.5. The van der Waals surface area contributed by atoms with Gasteiger partial charge in [-0.2, -0.15) is 0 Å². The molecule has 5 nitrogen and oxygen atoms in total. The maximum atomic E-state index is 11.5. The number of hydrogen-bond acceptors (Lipinski definition) is 4. The number of carboxylic acid groups (broad SMARTS) is 1. The zero-order chi connectivity index (χ0) is 12.3. The van der Waals surface area contributed by atoms with Crippen LogP contribution >= 0.6 is 11.3 Å². The van der Waals surface area contributed by atoms with Gasteiger partial charge in [-0.15, -0.1) is 11.3 Å². The van der Waals surface area contributed by atoms with Crippen LogP contribution in [0.2, 0.25) is 0 Å². The fourth-order valence-electron chi connectivity index (χ4n) is 1.85. The Hall–Kier alpha value is -1.43. The van der Waals surface area contributed by atoms with Crippen molar-refractivity contribution >= 4 is 23.2 Å². The van der Waals surface area contributed by atoms with Gasteiger partial charge in [-0.25, -0.2) is 9.78 Å². The molecule has 1 aliphatic heterocycles. The summed E-state index contributed by atoms with van der Waals surface area (Å²) < 4.78 is 0. The number of carboxylic acids is 1. The van der Waals surface area contributed by atoms with Crippen molar-refractivity contribution in [1.82, 2.24) is 9.88 Å². The topological polar surface area (TPSA) is 70.5 Å². The number of hydrogen-bond donors (Lipinski definition) is 1. The summed E-state index contributed by atoms with van der Waals surface area (Å²) in [5, 5.41) is 11.1. The lowest BCUT2D eigenvalue weighted by atomic mass is 10.1. The molecule has 0 aliphatic carbocycles. The monoisotopic (exact) mass is 254 g/mol. The number of likely N-dealkylation sites (tertiary alicyclic amines) is 1. The number of aromatic carboxylic acids is 1. The minimum absolute atomic E-state index is 0.0926. The molecule has 6 heteroatoms. The SMILES string of the molecule is O=C(O)c1csc(CCN2CCCCC2=O)n1. The Morgan fingerprint density at radius 2 is 2.35 bits per heavy atom. The van der Waals surface area contributed by atoms with Gasteiger partial charge in [0.15, 0.2) is 5.69 Å². The minimum atomic E-state index is -0.999. The third-order valence-electron chi connectivity index (χ3n) is 2.79. The van der Waals surface area contributed by atoms with Gasteiger partial charge in [0.05, 0.1) is 5.01 Å². The van der Waals surface area contributed by atoms with E-state index in [-0.39, 0.29) is 11.6 Å². The van der Waals surface area contributed by atoms with E-state index in [0.29, 0.717) is 19.4 Å². The third kappa shape index (κ3) is 3.03. The number of carbonyl (C=O) groups is 2. The molecule has 1 aromatic heterocycles. The number of rotatable bonds is 4. The Morgan fingerprint density at radius 3 is 3.00 bits per heavy atom. The molecule has 0 spiro atoms.